The van der Waals surface area contributed by atoms with Gasteiger partial charge in [-0.15, -0.1) is 0 Å². The summed E-state index contributed by atoms with van der Waals surface area (Å²) in [6, 6.07) is 8.12. The Morgan fingerprint density at radius 2 is 2.10 bits per heavy atom. The maximum Gasteiger partial charge on any atom is 0.229 e. The van der Waals surface area contributed by atoms with Crippen LogP contribution in [0, 0.1) is 11.8 Å². The number of hydrogen-bond donors (Lipinski definition) is 2. The first-order valence-electron chi connectivity index (χ1n) is 7.86. The Balaban J connectivity index is 1.58. The minimum Gasteiger partial charge on any atom is -0.384 e. The summed E-state index contributed by atoms with van der Waals surface area (Å²) in [5.74, 6) is 1.57. The summed E-state index contributed by atoms with van der Waals surface area (Å²) in [6.07, 6.45) is 5.25. The fraction of sp³-hybridized carbons (Fsp3) is 0.588. The lowest BCUT2D eigenvalue weighted by Crippen LogP contribution is -2.36. The summed E-state index contributed by atoms with van der Waals surface area (Å²) in [5, 5.41) is 6.50. The van der Waals surface area contributed by atoms with Crippen LogP contribution in [0.5, 0.6) is 0 Å². The molecule has 108 valence electrons. The van der Waals surface area contributed by atoms with Gasteiger partial charge in [-0.3, -0.25) is 4.79 Å². The Morgan fingerprint density at radius 1 is 1.30 bits per heavy atom. The lowest BCUT2D eigenvalue weighted by molar-refractivity contribution is -0.122. The topological polar surface area (TPSA) is 41.1 Å². The van der Waals surface area contributed by atoms with Gasteiger partial charge in [0, 0.05) is 18.8 Å². The lowest BCUT2D eigenvalue weighted by atomic mass is 9.80. The molecule has 2 N–H and O–H groups in total. The summed E-state index contributed by atoms with van der Waals surface area (Å²) in [7, 11) is 0. The number of fused-ring (bicyclic) bond motifs is 1. The van der Waals surface area contributed by atoms with E-state index in [1.165, 1.54) is 25.7 Å². The third-order valence-electron chi connectivity index (χ3n) is 4.98. The molecule has 0 spiro atoms. The molecule has 0 saturated heterocycles. The average molecular weight is 272 g/mol. The van der Waals surface area contributed by atoms with Gasteiger partial charge in [-0.1, -0.05) is 44.4 Å². The highest BCUT2D eigenvalue weighted by atomic mass is 16.1. The third-order valence-corrected chi connectivity index (χ3v) is 4.98. The number of para-hydroxylation sites is 1. The maximum atomic E-state index is 12.4. The van der Waals surface area contributed by atoms with Crippen molar-refractivity contribution in [1.29, 1.82) is 0 Å². The van der Waals surface area contributed by atoms with Gasteiger partial charge in [-0.25, -0.2) is 0 Å². The standard InChI is InChI=1S/C17H24N2O/c1-12-6-2-3-7-13(12)10-19-17(20)15-11-18-16-9-5-4-8-14(15)16/h4-5,8-9,12-13,15,18H,2-3,6-7,10-11H2,1H3,(H,19,20). The monoisotopic (exact) mass is 272 g/mol. The third kappa shape index (κ3) is 2.67. The molecule has 3 unspecified atom stereocenters. The van der Waals surface area contributed by atoms with Crippen LogP contribution in [0.4, 0.5) is 5.69 Å². The van der Waals surface area contributed by atoms with E-state index in [4.69, 9.17) is 0 Å². The molecule has 1 heterocycles. The van der Waals surface area contributed by atoms with Crippen molar-refractivity contribution in [1.82, 2.24) is 5.32 Å². The van der Waals surface area contributed by atoms with Gasteiger partial charge in [0.15, 0.2) is 0 Å². The number of anilines is 1. The number of nitrogens with one attached hydrogen (secondary N) is 2. The van der Waals surface area contributed by atoms with Crippen molar-refractivity contribution in [2.24, 2.45) is 11.8 Å². The maximum absolute atomic E-state index is 12.4. The molecular weight excluding hydrogens is 248 g/mol. The molecule has 2 aliphatic rings. The normalized spacial score (nSPS) is 28.6. The average Bonchev–Trinajstić information content (AvgIpc) is 2.90. The smallest absolute Gasteiger partial charge is 0.229 e. The summed E-state index contributed by atoms with van der Waals surface area (Å²) in [4.78, 5) is 12.4. The molecular formula is C17H24N2O. The molecule has 1 aromatic carbocycles. The molecule has 0 bridgehead atoms. The predicted molar refractivity (Wildman–Crippen MR) is 81.8 cm³/mol. The van der Waals surface area contributed by atoms with Crippen LogP contribution in [0.25, 0.3) is 0 Å². The fourth-order valence-corrected chi connectivity index (χ4v) is 3.57. The van der Waals surface area contributed by atoms with E-state index in [1.807, 2.05) is 18.2 Å². The van der Waals surface area contributed by atoms with Crippen molar-refractivity contribution in [2.75, 3.05) is 18.4 Å². The van der Waals surface area contributed by atoms with Gasteiger partial charge in [-0.2, -0.15) is 0 Å². The Morgan fingerprint density at radius 3 is 2.95 bits per heavy atom. The zero-order chi connectivity index (χ0) is 13.9. The molecule has 1 aromatic rings. The first kappa shape index (κ1) is 13.5. The number of amides is 1. The Kier molecular flexibility index (Phi) is 3.95. The minimum atomic E-state index is -0.0231. The molecule has 20 heavy (non-hydrogen) atoms. The number of rotatable bonds is 3. The van der Waals surface area contributed by atoms with Crippen LogP contribution in [0.15, 0.2) is 24.3 Å². The summed E-state index contributed by atoms with van der Waals surface area (Å²) < 4.78 is 0. The van der Waals surface area contributed by atoms with Gasteiger partial charge in [0.1, 0.15) is 0 Å². The number of carbonyl (C=O) groups is 1. The molecule has 0 radical (unpaired) electrons. The van der Waals surface area contributed by atoms with E-state index in [9.17, 15) is 4.79 Å². The van der Waals surface area contributed by atoms with Crippen molar-refractivity contribution >= 4 is 11.6 Å². The van der Waals surface area contributed by atoms with Crippen molar-refractivity contribution < 1.29 is 4.79 Å². The number of benzene rings is 1. The van der Waals surface area contributed by atoms with Crippen molar-refractivity contribution in [3.8, 4) is 0 Å². The van der Waals surface area contributed by atoms with E-state index in [0.717, 1.165) is 30.3 Å². The summed E-state index contributed by atoms with van der Waals surface area (Å²) >= 11 is 0. The fourth-order valence-electron chi connectivity index (χ4n) is 3.57. The first-order valence-corrected chi connectivity index (χ1v) is 7.86. The van der Waals surface area contributed by atoms with Crippen LogP contribution in [-0.4, -0.2) is 19.0 Å². The molecule has 3 rings (SSSR count). The molecule has 3 atom stereocenters. The van der Waals surface area contributed by atoms with Gasteiger partial charge >= 0.3 is 0 Å². The van der Waals surface area contributed by atoms with Crippen molar-refractivity contribution in [3.63, 3.8) is 0 Å². The Bertz CT molecular complexity index is 486. The van der Waals surface area contributed by atoms with Crippen LogP contribution in [-0.2, 0) is 4.79 Å². The minimum absolute atomic E-state index is 0.0231. The van der Waals surface area contributed by atoms with Gasteiger partial charge < -0.3 is 10.6 Å². The molecule has 1 amide bonds. The van der Waals surface area contributed by atoms with Gasteiger partial charge in [0.05, 0.1) is 5.92 Å². The lowest BCUT2D eigenvalue weighted by Gasteiger charge is -2.29. The number of hydrogen-bond acceptors (Lipinski definition) is 2. The van der Waals surface area contributed by atoms with E-state index in [-0.39, 0.29) is 11.8 Å². The van der Waals surface area contributed by atoms with Gasteiger partial charge in [0.25, 0.3) is 0 Å². The van der Waals surface area contributed by atoms with Crippen LogP contribution >= 0.6 is 0 Å². The second kappa shape index (κ2) is 5.86. The van der Waals surface area contributed by atoms with E-state index >= 15 is 0 Å². The molecule has 1 fully saturated rings. The van der Waals surface area contributed by atoms with Gasteiger partial charge in [-0.05, 0) is 29.9 Å². The zero-order valence-electron chi connectivity index (χ0n) is 12.2. The molecule has 0 aromatic heterocycles. The highest BCUT2D eigenvalue weighted by Gasteiger charge is 2.29. The van der Waals surface area contributed by atoms with E-state index in [0.29, 0.717) is 5.92 Å². The quantitative estimate of drug-likeness (QED) is 0.887. The van der Waals surface area contributed by atoms with E-state index in [1.54, 1.807) is 0 Å². The zero-order valence-corrected chi connectivity index (χ0v) is 12.2. The molecule has 3 heteroatoms. The Labute approximate surface area is 121 Å². The predicted octanol–water partition coefficient (Wildman–Crippen LogP) is 3.14. The van der Waals surface area contributed by atoms with Crippen LogP contribution in [0.2, 0.25) is 0 Å². The summed E-state index contributed by atoms with van der Waals surface area (Å²) in [5.41, 5.74) is 2.25. The van der Waals surface area contributed by atoms with E-state index in [2.05, 4.69) is 23.6 Å². The largest absolute Gasteiger partial charge is 0.384 e. The second-order valence-electron chi connectivity index (χ2n) is 6.29. The SMILES string of the molecule is CC1CCCCC1CNC(=O)C1CNc2ccccc21. The molecule has 3 nitrogen and oxygen atoms in total. The van der Waals surface area contributed by atoms with Crippen LogP contribution in [0.1, 0.15) is 44.1 Å². The number of carbonyl (C=O) groups excluding carboxylic acids is 1. The van der Waals surface area contributed by atoms with Gasteiger partial charge in [0.2, 0.25) is 5.91 Å². The first-order chi connectivity index (χ1) is 9.75. The second-order valence-corrected chi connectivity index (χ2v) is 6.29. The van der Waals surface area contributed by atoms with Crippen LogP contribution < -0.4 is 10.6 Å². The highest BCUT2D eigenvalue weighted by Crippen LogP contribution is 2.32. The molecule has 1 aliphatic carbocycles. The van der Waals surface area contributed by atoms with Crippen molar-refractivity contribution in [3.05, 3.63) is 29.8 Å². The molecule has 1 aliphatic heterocycles. The highest BCUT2D eigenvalue weighted by molar-refractivity contribution is 5.88. The van der Waals surface area contributed by atoms with E-state index < -0.39 is 0 Å². The summed E-state index contributed by atoms with van der Waals surface area (Å²) in [6.45, 7) is 3.90. The van der Waals surface area contributed by atoms with Crippen LogP contribution in [0.3, 0.4) is 0 Å². The Hall–Kier alpha value is -1.51. The molecule has 1 saturated carbocycles. The van der Waals surface area contributed by atoms with Crippen molar-refractivity contribution in [2.45, 2.75) is 38.5 Å².